The van der Waals surface area contributed by atoms with Crippen molar-refractivity contribution in [2.24, 2.45) is 5.92 Å². The van der Waals surface area contributed by atoms with Gasteiger partial charge < -0.3 is 5.11 Å². The molecule has 1 aromatic carbocycles. The normalized spacial score (nSPS) is 20.9. The molecule has 0 spiro atoms. The summed E-state index contributed by atoms with van der Waals surface area (Å²) in [6, 6.07) is 10.3. The smallest absolute Gasteiger partial charge is 0.1000 e. The third-order valence-corrected chi connectivity index (χ3v) is 4.60. The zero-order chi connectivity index (χ0) is 15.4. The van der Waals surface area contributed by atoms with Crippen molar-refractivity contribution in [3.63, 3.8) is 0 Å². The molecule has 0 amide bonds. The van der Waals surface area contributed by atoms with Crippen LogP contribution in [-0.2, 0) is 0 Å². The van der Waals surface area contributed by atoms with E-state index in [4.69, 9.17) is 5.11 Å². The molecule has 118 valence electrons. The van der Waals surface area contributed by atoms with Gasteiger partial charge in [0.1, 0.15) is 0 Å². The van der Waals surface area contributed by atoms with Crippen LogP contribution >= 0.6 is 0 Å². The lowest BCUT2D eigenvalue weighted by Crippen LogP contribution is -2.37. The molecule has 0 radical (unpaired) electrons. The number of rotatable bonds is 5. The van der Waals surface area contributed by atoms with Crippen LogP contribution in [0.1, 0.15) is 37.9 Å². The van der Waals surface area contributed by atoms with Crippen LogP contribution in [0.2, 0.25) is 0 Å². The highest BCUT2D eigenvalue weighted by atomic mass is 16.3. The number of para-hydroxylation sites is 1. The van der Waals surface area contributed by atoms with E-state index in [1.54, 1.807) is 0 Å². The third-order valence-electron chi connectivity index (χ3n) is 4.60. The number of nitrogens with zero attached hydrogens (tertiary/aromatic N) is 4. The summed E-state index contributed by atoms with van der Waals surface area (Å²) in [5.74, 6) is 0.602. The Hall–Kier alpha value is -1.72. The van der Waals surface area contributed by atoms with Gasteiger partial charge in [0.25, 0.3) is 0 Å². The Morgan fingerprint density at radius 3 is 2.91 bits per heavy atom. The standard InChI is InChI=1S/C17H24N4O/c1-14(20-10-5-6-15(12-20)9-11-22)17-13-21(19-18-17)16-7-3-2-4-8-16/h2-4,7-8,13-15,22H,5-6,9-12H2,1H3/t14-,15+/m0/s1. The van der Waals surface area contributed by atoms with Crippen molar-refractivity contribution in [3.8, 4) is 5.69 Å². The van der Waals surface area contributed by atoms with E-state index in [0.29, 0.717) is 5.92 Å². The minimum atomic E-state index is 0.263. The van der Waals surface area contributed by atoms with Crippen LogP contribution in [0.4, 0.5) is 0 Å². The van der Waals surface area contributed by atoms with Gasteiger partial charge in [0.2, 0.25) is 0 Å². The number of aliphatic hydroxyl groups is 1. The number of aromatic nitrogens is 3. The van der Waals surface area contributed by atoms with E-state index in [0.717, 1.165) is 30.9 Å². The van der Waals surface area contributed by atoms with Gasteiger partial charge in [-0.2, -0.15) is 0 Å². The van der Waals surface area contributed by atoms with Gasteiger partial charge in [-0.25, -0.2) is 4.68 Å². The summed E-state index contributed by atoms with van der Waals surface area (Å²) < 4.78 is 1.83. The van der Waals surface area contributed by atoms with E-state index < -0.39 is 0 Å². The molecular weight excluding hydrogens is 276 g/mol. The molecule has 0 saturated carbocycles. The average Bonchev–Trinajstić information content (AvgIpc) is 3.05. The number of likely N-dealkylation sites (tertiary alicyclic amines) is 1. The van der Waals surface area contributed by atoms with Crippen molar-refractivity contribution in [3.05, 3.63) is 42.2 Å². The van der Waals surface area contributed by atoms with Crippen LogP contribution in [0, 0.1) is 5.92 Å². The van der Waals surface area contributed by atoms with Crippen LogP contribution in [0.15, 0.2) is 36.5 Å². The van der Waals surface area contributed by atoms with Crippen LogP contribution in [-0.4, -0.2) is 44.7 Å². The predicted molar refractivity (Wildman–Crippen MR) is 85.8 cm³/mol. The van der Waals surface area contributed by atoms with Crippen molar-refractivity contribution in [2.75, 3.05) is 19.7 Å². The summed E-state index contributed by atoms with van der Waals surface area (Å²) in [5.41, 5.74) is 2.04. The minimum Gasteiger partial charge on any atom is -0.396 e. The summed E-state index contributed by atoms with van der Waals surface area (Å²) in [6.07, 6.45) is 5.35. The van der Waals surface area contributed by atoms with Crippen molar-refractivity contribution < 1.29 is 5.11 Å². The van der Waals surface area contributed by atoms with Crippen molar-refractivity contribution in [1.29, 1.82) is 0 Å². The molecule has 1 fully saturated rings. The van der Waals surface area contributed by atoms with E-state index in [9.17, 15) is 0 Å². The van der Waals surface area contributed by atoms with Crippen molar-refractivity contribution in [1.82, 2.24) is 19.9 Å². The summed E-state index contributed by atoms with van der Waals surface area (Å²) in [5, 5.41) is 17.8. The highest BCUT2D eigenvalue weighted by Crippen LogP contribution is 2.27. The maximum absolute atomic E-state index is 9.15. The SMILES string of the molecule is C[C@@H](c1cn(-c2ccccc2)nn1)N1CCC[C@H](CCO)C1. The molecule has 2 atom stereocenters. The number of hydrogen-bond acceptors (Lipinski definition) is 4. The Morgan fingerprint density at radius 1 is 1.32 bits per heavy atom. The fraction of sp³-hybridized carbons (Fsp3) is 0.529. The molecule has 5 nitrogen and oxygen atoms in total. The van der Waals surface area contributed by atoms with Gasteiger partial charge in [-0.3, -0.25) is 4.90 Å². The van der Waals surface area contributed by atoms with Gasteiger partial charge in [-0.15, -0.1) is 5.10 Å². The first-order chi connectivity index (χ1) is 10.8. The topological polar surface area (TPSA) is 54.2 Å². The molecule has 0 aliphatic carbocycles. The van der Waals surface area contributed by atoms with E-state index in [1.807, 2.05) is 41.2 Å². The second-order valence-electron chi connectivity index (χ2n) is 6.11. The Bertz CT molecular complexity index is 581. The van der Waals surface area contributed by atoms with Gasteiger partial charge in [0.15, 0.2) is 0 Å². The summed E-state index contributed by atoms with van der Waals surface area (Å²) >= 11 is 0. The Balaban J connectivity index is 1.70. The maximum atomic E-state index is 9.15. The molecule has 0 unspecified atom stereocenters. The number of benzene rings is 1. The number of hydrogen-bond donors (Lipinski definition) is 1. The molecule has 1 aromatic heterocycles. The first-order valence-electron chi connectivity index (χ1n) is 8.10. The summed E-state index contributed by atoms with van der Waals surface area (Å²) in [4.78, 5) is 2.46. The highest BCUT2D eigenvalue weighted by Gasteiger charge is 2.25. The zero-order valence-corrected chi connectivity index (χ0v) is 13.1. The second kappa shape index (κ2) is 7.03. The largest absolute Gasteiger partial charge is 0.396 e. The number of aliphatic hydroxyl groups excluding tert-OH is 1. The van der Waals surface area contributed by atoms with Gasteiger partial charge in [-0.05, 0) is 50.8 Å². The molecule has 1 saturated heterocycles. The molecule has 1 aliphatic rings. The molecule has 5 heteroatoms. The van der Waals surface area contributed by atoms with E-state index in [2.05, 4.69) is 22.1 Å². The predicted octanol–water partition coefficient (Wildman–Crippen LogP) is 2.42. The molecule has 2 aromatic rings. The lowest BCUT2D eigenvalue weighted by molar-refractivity contribution is 0.113. The fourth-order valence-corrected chi connectivity index (χ4v) is 3.23. The molecule has 2 heterocycles. The van der Waals surface area contributed by atoms with Crippen molar-refractivity contribution >= 4 is 0 Å². The van der Waals surface area contributed by atoms with E-state index in [-0.39, 0.29) is 12.6 Å². The molecule has 22 heavy (non-hydrogen) atoms. The monoisotopic (exact) mass is 300 g/mol. The molecule has 1 aliphatic heterocycles. The van der Waals surface area contributed by atoms with Gasteiger partial charge in [0, 0.05) is 13.2 Å². The fourth-order valence-electron chi connectivity index (χ4n) is 3.23. The van der Waals surface area contributed by atoms with E-state index >= 15 is 0 Å². The average molecular weight is 300 g/mol. The van der Waals surface area contributed by atoms with Gasteiger partial charge in [0.05, 0.1) is 23.6 Å². The third kappa shape index (κ3) is 3.36. The molecule has 3 rings (SSSR count). The minimum absolute atomic E-state index is 0.263. The van der Waals surface area contributed by atoms with Crippen LogP contribution in [0.25, 0.3) is 5.69 Å². The number of piperidine rings is 1. The van der Waals surface area contributed by atoms with Gasteiger partial charge in [-0.1, -0.05) is 23.4 Å². The van der Waals surface area contributed by atoms with Crippen molar-refractivity contribution in [2.45, 2.75) is 32.2 Å². The van der Waals surface area contributed by atoms with E-state index in [1.165, 1.54) is 12.8 Å². The quantitative estimate of drug-likeness (QED) is 0.921. The van der Waals surface area contributed by atoms with Crippen LogP contribution in [0.5, 0.6) is 0 Å². The molecule has 0 bridgehead atoms. The molecule has 1 N–H and O–H groups in total. The summed E-state index contributed by atoms with van der Waals surface area (Å²) in [7, 11) is 0. The summed E-state index contributed by atoms with van der Waals surface area (Å²) in [6.45, 7) is 4.62. The van der Waals surface area contributed by atoms with Crippen LogP contribution < -0.4 is 0 Å². The van der Waals surface area contributed by atoms with Gasteiger partial charge >= 0.3 is 0 Å². The highest BCUT2D eigenvalue weighted by molar-refractivity contribution is 5.30. The van der Waals surface area contributed by atoms with Crippen LogP contribution in [0.3, 0.4) is 0 Å². The second-order valence-corrected chi connectivity index (χ2v) is 6.11. The lowest BCUT2D eigenvalue weighted by atomic mass is 9.94. The Kier molecular flexibility index (Phi) is 4.85. The zero-order valence-electron chi connectivity index (χ0n) is 13.1. The first kappa shape index (κ1) is 15.2. The first-order valence-corrected chi connectivity index (χ1v) is 8.10. The Morgan fingerprint density at radius 2 is 2.14 bits per heavy atom. The molecular formula is C17H24N4O. The Labute approximate surface area is 131 Å². The maximum Gasteiger partial charge on any atom is 0.1000 e. The lowest BCUT2D eigenvalue weighted by Gasteiger charge is -2.35.